The Balaban J connectivity index is 1.44. The largest absolute Gasteiger partial charge is 0.422 e. The monoisotopic (exact) mass is 461 g/mol. The molecule has 3 aromatic heterocycles. The molecular formula is C23H26F3N5O2. The lowest BCUT2D eigenvalue weighted by Gasteiger charge is -2.36. The van der Waals surface area contributed by atoms with E-state index >= 15 is 0 Å². The number of aliphatic hydroxyl groups is 1. The molecule has 10 heteroatoms. The number of hydrogen-bond acceptors (Lipinski definition) is 6. The zero-order valence-corrected chi connectivity index (χ0v) is 18.7. The van der Waals surface area contributed by atoms with Crippen molar-refractivity contribution in [2.24, 2.45) is 0 Å². The highest BCUT2D eigenvalue weighted by atomic mass is 19.4. The molecule has 0 saturated carbocycles. The van der Waals surface area contributed by atoms with Gasteiger partial charge in [0.05, 0.1) is 28.6 Å². The number of anilines is 1. The third kappa shape index (κ3) is 4.86. The Morgan fingerprint density at radius 3 is 2.36 bits per heavy atom. The number of hydrogen-bond donors (Lipinski definition) is 2. The average molecular weight is 461 g/mol. The summed E-state index contributed by atoms with van der Waals surface area (Å²) >= 11 is 0. The molecule has 1 aliphatic rings. The molecule has 1 aliphatic heterocycles. The zero-order chi connectivity index (χ0) is 24.0. The number of aryl methyl sites for hydroxylation is 1. The standard InChI is InChI=1S/C23H26F3N5O2/c1-14-19(23(24,25)26)21(32)29-17-10-15(11-28-20(14)17)13-30-6-8-31(9-7-30)16-4-5-18(27-12-16)22(2,3)33/h4-5,10-12,33H,6-9,13H2,1-3H3,(H,29,32). The molecular weight excluding hydrogens is 435 g/mol. The van der Waals surface area contributed by atoms with Gasteiger partial charge in [-0.1, -0.05) is 0 Å². The number of alkyl halides is 3. The van der Waals surface area contributed by atoms with E-state index in [4.69, 9.17) is 0 Å². The van der Waals surface area contributed by atoms with Crippen LogP contribution in [0.15, 0.2) is 35.4 Å². The summed E-state index contributed by atoms with van der Waals surface area (Å²) in [6, 6.07) is 5.48. The van der Waals surface area contributed by atoms with Crippen LogP contribution in [0.4, 0.5) is 18.9 Å². The SMILES string of the molecule is Cc1c(C(F)(F)F)c(=O)[nH]c2cc(CN3CCN(c4ccc(C(C)(C)O)nc4)CC3)cnc12. The van der Waals surface area contributed by atoms with E-state index in [-0.39, 0.29) is 11.1 Å². The van der Waals surface area contributed by atoms with E-state index in [0.717, 1.165) is 37.4 Å². The molecule has 0 unspecified atom stereocenters. The fourth-order valence-electron chi connectivity index (χ4n) is 4.16. The molecule has 0 amide bonds. The number of pyridine rings is 3. The van der Waals surface area contributed by atoms with Gasteiger partial charge in [0.25, 0.3) is 5.56 Å². The molecule has 0 aromatic carbocycles. The molecule has 0 bridgehead atoms. The number of halogens is 3. The van der Waals surface area contributed by atoms with Crippen molar-refractivity contribution in [3.05, 3.63) is 63.3 Å². The number of nitrogens with one attached hydrogen (secondary N) is 1. The molecule has 1 saturated heterocycles. The van der Waals surface area contributed by atoms with Crippen LogP contribution in [0, 0.1) is 6.92 Å². The highest BCUT2D eigenvalue weighted by Crippen LogP contribution is 2.31. The van der Waals surface area contributed by atoms with Crippen molar-refractivity contribution in [1.82, 2.24) is 19.9 Å². The Labute approximate surface area is 188 Å². The molecule has 0 aliphatic carbocycles. The van der Waals surface area contributed by atoms with Crippen LogP contribution < -0.4 is 10.5 Å². The molecule has 1 fully saturated rings. The van der Waals surface area contributed by atoms with E-state index in [9.17, 15) is 23.1 Å². The topological polar surface area (TPSA) is 85.4 Å². The molecule has 3 aromatic rings. The lowest BCUT2D eigenvalue weighted by atomic mass is 10.0. The highest BCUT2D eigenvalue weighted by Gasteiger charge is 2.36. The number of aromatic amines is 1. The summed E-state index contributed by atoms with van der Waals surface area (Å²) < 4.78 is 39.5. The summed E-state index contributed by atoms with van der Waals surface area (Å²) in [5.74, 6) is 0. The second-order valence-corrected chi connectivity index (χ2v) is 8.92. The predicted octanol–water partition coefficient (Wildman–Crippen LogP) is 3.19. The minimum Gasteiger partial charge on any atom is -0.384 e. The van der Waals surface area contributed by atoms with Gasteiger partial charge in [0.2, 0.25) is 0 Å². The zero-order valence-electron chi connectivity index (χ0n) is 18.7. The van der Waals surface area contributed by atoms with E-state index < -0.39 is 22.9 Å². The number of nitrogens with zero attached hydrogens (tertiary/aromatic N) is 4. The van der Waals surface area contributed by atoms with Gasteiger partial charge in [-0.3, -0.25) is 19.7 Å². The van der Waals surface area contributed by atoms with Crippen molar-refractivity contribution < 1.29 is 18.3 Å². The summed E-state index contributed by atoms with van der Waals surface area (Å²) in [5, 5.41) is 10.1. The predicted molar refractivity (Wildman–Crippen MR) is 119 cm³/mol. The quantitative estimate of drug-likeness (QED) is 0.621. The first-order chi connectivity index (χ1) is 15.4. The molecule has 2 N–H and O–H groups in total. The van der Waals surface area contributed by atoms with Crippen LogP contribution in [-0.2, 0) is 18.3 Å². The maximum absolute atomic E-state index is 13.2. The van der Waals surface area contributed by atoms with Gasteiger partial charge in [0.15, 0.2) is 0 Å². The number of fused-ring (bicyclic) bond motifs is 1. The Morgan fingerprint density at radius 2 is 1.79 bits per heavy atom. The molecule has 176 valence electrons. The second-order valence-electron chi connectivity index (χ2n) is 8.92. The van der Waals surface area contributed by atoms with Crippen molar-refractivity contribution in [3.63, 3.8) is 0 Å². The van der Waals surface area contributed by atoms with Gasteiger partial charge in [-0.25, -0.2) is 0 Å². The Hall–Kier alpha value is -2.98. The van der Waals surface area contributed by atoms with Crippen molar-refractivity contribution in [3.8, 4) is 0 Å². The Morgan fingerprint density at radius 1 is 1.09 bits per heavy atom. The average Bonchev–Trinajstić information content (AvgIpc) is 2.72. The Bertz CT molecular complexity index is 1210. The first-order valence-corrected chi connectivity index (χ1v) is 10.7. The molecule has 0 spiro atoms. The van der Waals surface area contributed by atoms with Crippen LogP contribution in [0.1, 0.15) is 36.2 Å². The van der Waals surface area contributed by atoms with E-state index in [0.29, 0.717) is 17.8 Å². The fraction of sp³-hybridized carbons (Fsp3) is 0.435. The van der Waals surface area contributed by atoms with E-state index in [1.165, 1.54) is 6.92 Å². The summed E-state index contributed by atoms with van der Waals surface area (Å²) in [4.78, 5) is 27.4. The lowest BCUT2D eigenvalue weighted by Crippen LogP contribution is -2.46. The van der Waals surface area contributed by atoms with Crippen LogP contribution in [0.3, 0.4) is 0 Å². The first kappa shape index (κ1) is 23.2. The minimum atomic E-state index is -4.73. The van der Waals surface area contributed by atoms with Crippen molar-refractivity contribution in [2.45, 2.75) is 39.1 Å². The van der Waals surface area contributed by atoms with Crippen molar-refractivity contribution >= 4 is 16.7 Å². The fourth-order valence-corrected chi connectivity index (χ4v) is 4.16. The molecule has 4 rings (SSSR count). The van der Waals surface area contributed by atoms with Gasteiger partial charge in [0.1, 0.15) is 11.2 Å². The van der Waals surface area contributed by atoms with Gasteiger partial charge in [0, 0.05) is 38.9 Å². The number of piperazine rings is 1. The van der Waals surface area contributed by atoms with Crippen LogP contribution >= 0.6 is 0 Å². The van der Waals surface area contributed by atoms with Crippen molar-refractivity contribution in [2.75, 3.05) is 31.1 Å². The number of H-pyrrole nitrogens is 1. The van der Waals surface area contributed by atoms with Gasteiger partial charge >= 0.3 is 6.18 Å². The van der Waals surface area contributed by atoms with Gasteiger partial charge in [-0.05, 0) is 50.1 Å². The van der Waals surface area contributed by atoms with Crippen molar-refractivity contribution in [1.29, 1.82) is 0 Å². The molecule has 7 nitrogen and oxygen atoms in total. The van der Waals surface area contributed by atoms with E-state index in [1.54, 1.807) is 32.3 Å². The van der Waals surface area contributed by atoms with Crippen LogP contribution in [0.2, 0.25) is 0 Å². The normalized spacial score (nSPS) is 15.9. The van der Waals surface area contributed by atoms with Crippen LogP contribution in [-0.4, -0.2) is 51.1 Å². The number of rotatable bonds is 4. The second kappa shape index (κ2) is 8.42. The smallest absolute Gasteiger partial charge is 0.384 e. The molecule has 4 heterocycles. The van der Waals surface area contributed by atoms with E-state index in [2.05, 4.69) is 24.8 Å². The van der Waals surface area contributed by atoms with Gasteiger partial charge in [-0.15, -0.1) is 0 Å². The summed E-state index contributed by atoms with van der Waals surface area (Å²) in [5.41, 5.74) is -0.610. The van der Waals surface area contributed by atoms with Crippen LogP contribution in [0.5, 0.6) is 0 Å². The molecule has 33 heavy (non-hydrogen) atoms. The summed E-state index contributed by atoms with van der Waals surface area (Å²) in [6.07, 6.45) is -1.39. The summed E-state index contributed by atoms with van der Waals surface area (Å²) in [7, 11) is 0. The lowest BCUT2D eigenvalue weighted by molar-refractivity contribution is -0.139. The summed E-state index contributed by atoms with van der Waals surface area (Å²) in [6.45, 7) is 8.39. The maximum atomic E-state index is 13.2. The van der Waals surface area contributed by atoms with Gasteiger partial charge in [-0.2, -0.15) is 13.2 Å². The third-order valence-electron chi connectivity index (χ3n) is 5.95. The van der Waals surface area contributed by atoms with Crippen LogP contribution in [0.25, 0.3) is 11.0 Å². The van der Waals surface area contributed by atoms with Gasteiger partial charge < -0.3 is 15.0 Å². The Kier molecular flexibility index (Phi) is 5.92. The number of aromatic nitrogens is 3. The molecule has 0 radical (unpaired) electrons. The first-order valence-electron chi connectivity index (χ1n) is 10.7. The highest BCUT2D eigenvalue weighted by molar-refractivity contribution is 5.79. The maximum Gasteiger partial charge on any atom is 0.422 e. The molecule has 0 atom stereocenters. The van der Waals surface area contributed by atoms with E-state index in [1.807, 2.05) is 12.1 Å². The third-order valence-corrected chi connectivity index (χ3v) is 5.95. The minimum absolute atomic E-state index is 0.150.